The van der Waals surface area contributed by atoms with Crippen molar-refractivity contribution in [1.82, 2.24) is 9.88 Å². The van der Waals surface area contributed by atoms with Crippen molar-refractivity contribution in [2.75, 3.05) is 32.1 Å². The zero-order valence-corrected chi connectivity index (χ0v) is 13.7. The third-order valence-corrected chi connectivity index (χ3v) is 3.46. The van der Waals surface area contributed by atoms with Gasteiger partial charge in [0.15, 0.2) is 0 Å². The second-order valence-electron chi connectivity index (χ2n) is 5.68. The molecule has 0 aliphatic heterocycles. The van der Waals surface area contributed by atoms with E-state index >= 15 is 0 Å². The lowest BCUT2D eigenvalue weighted by Crippen LogP contribution is -2.40. The Kier molecular flexibility index (Phi) is 6.96. The number of anilines is 1. The summed E-state index contributed by atoms with van der Waals surface area (Å²) >= 11 is 0. The lowest BCUT2D eigenvalue weighted by molar-refractivity contribution is 0.372. The largest absolute Gasteiger partial charge is 0.353 e. The first-order valence-corrected chi connectivity index (χ1v) is 7.63. The SMILES string of the molecule is CCCc1cc(CN)cc(N(CC)C(C)CN(C)C)n1. The van der Waals surface area contributed by atoms with Crippen LogP contribution in [0.15, 0.2) is 12.1 Å². The second kappa shape index (κ2) is 8.22. The van der Waals surface area contributed by atoms with E-state index in [1.165, 1.54) is 5.56 Å². The molecule has 0 radical (unpaired) electrons. The average Bonchev–Trinajstić information content (AvgIpc) is 2.38. The van der Waals surface area contributed by atoms with Gasteiger partial charge in [-0.25, -0.2) is 4.98 Å². The number of aromatic nitrogens is 1. The van der Waals surface area contributed by atoms with Gasteiger partial charge in [-0.3, -0.25) is 0 Å². The van der Waals surface area contributed by atoms with Gasteiger partial charge in [0.05, 0.1) is 0 Å². The third kappa shape index (κ3) is 4.76. The highest BCUT2D eigenvalue weighted by Crippen LogP contribution is 2.18. The number of likely N-dealkylation sites (N-methyl/N-ethyl adjacent to an activating group) is 2. The van der Waals surface area contributed by atoms with Gasteiger partial charge in [-0.1, -0.05) is 13.3 Å². The van der Waals surface area contributed by atoms with E-state index in [2.05, 4.69) is 56.8 Å². The molecule has 20 heavy (non-hydrogen) atoms. The second-order valence-corrected chi connectivity index (χ2v) is 5.68. The van der Waals surface area contributed by atoms with Crippen molar-refractivity contribution in [1.29, 1.82) is 0 Å². The van der Waals surface area contributed by atoms with Crippen molar-refractivity contribution >= 4 is 5.82 Å². The van der Waals surface area contributed by atoms with Crippen LogP contribution in [0.4, 0.5) is 5.82 Å². The maximum Gasteiger partial charge on any atom is 0.129 e. The number of nitrogens with zero attached hydrogens (tertiary/aromatic N) is 3. The van der Waals surface area contributed by atoms with Gasteiger partial charge in [0, 0.05) is 31.4 Å². The molecule has 0 spiro atoms. The zero-order chi connectivity index (χ0) is 15.1. The third-order valence-electron chi connectivity index (χ3n) is 3.46. The number of pyridine rings is 1. The van der Waals surface area contributed by atoms with Crippen molar-refractivity contribution in [3.8, 4) is 0 Å². The molecule has 4 nitrogen and oxygen atoms in total. The fraction of sp³-hybridized carbons (Fsp3) is 0.688. The molecule has 1 unspecified atom stereocenters. The molecule has 0 saturated carbocycles. The number of rotatable bonds is 8. The van der Waals surface area contributed by atoms with Gasteiger partial charge in [0.1, 0.15) is 5.82 Å². The normalized spacial score (nSPS) is 12.8. The number of hydrogen-bond acceptors (Lipinski definition) is 4. The first-order valence-electron chi connectivity index (χ1n) is 7.63. The molecule has 4 heteroatoms. The minimum atomic E-state index is 0.435. The van der Waals surface area contributed by atoms with Gasteiger partial charge in [0.25, 0.3) is 0 Å². The molecule has 0 aromatic carbocycles. The molecule has 2 N–H and O–H groups in total. The summed E-state index contributed by atoms with van der Waals surface area (Å²) in [5.41, 5.74) is 8.16. The minimum Gasteiger partial charge on any atom is -0.353 e. The molecule has 1 atom stereocenters. The topological polar surface area (TPSA) is 45.4 Å². The van der Waals surface area contributed by atoms with E-state index in [1.54, 1.807) is 0 Å². The average molecular weight is 278 g/mol. The van der Waals surface area contributed by atoms with Gasteiger partial charge in [-0.2, -0.15) is 0 Å². The Balaban J connectivity index is 3.03. The van der Waals surface area contributed by atoms with Gasteiger partial charge in [-0.05, 0) is 52.1 Å². The summed E-state index contributed by atoms with van der Waals surface area (Å²) in [6, 6.07) is 4.71. The Bertz CT molecular complexity index is 403. The van der Waals surface area contributed by atoms with E-state index in [0.717, 1.165) is 37.4 Å². The first kappa shape index (κ1) is 16.9. The Morgan fingerprint density at radius 1 is 1.25 bits per heavy atom. The van der Waals surface area contributed by atoms with E-state index in [1.807, 2.05) is 0 Å². The predicted molar refractivity (Wildman–Crippen MR) is 87.2 cm³/mol. The van der Waals surface area contributed by atoms with Crippen molar-refractivity contribution in [3.05, 3.63) is 23.4 Å². The standard InChI is InChI=1S/C16H30N4/c1-6-8-15-9-14(11-17)10-16(18-15)20(7-2)13(3)12-19(4)5/h9-10,13H,6-8,11-12,17H2,1-5H3. The highest BCUT2D eigenvalue weighted by atomic mass is 15.2. The van der Waals surface area contributed by atoms with E-state index in [4.69, 9.17) is 10.7 Å². The van der Waals surface area contributed by atoms with Crippen LogP contribution < -0.4 is 10.6 Å². The molecule has 0 fully saturated rings. The Morgan fingerprint density at radius 3 is 2.45 bits per heavy atom. The molecule has 0 aliphatic carbocycles. The number of aryl methyl sites for hydroxylation is 1. The van der Waals surface area contributed by atoms with Crippen LogP contribution in [0.3, 0.4) is 0 Å². The van der Waals surface area contributed by atoms with Gasteiger partial charge in [-0.15, -0.1) is 0 Å². The molecular formula is C16H30N4. The van der Waals surface area contributed by atoms with Crippen molar-refractivity contribution < 1.29 is 0 Å². The smallest absolute Gasteiger partial charge is 0.129 e. The van der Waals surface area contributed by atoms with Crippen LogP contribution in [0.5, 0.6) is 0 Å². The number of hydrogen-bond donors (Lipinski definition) is 1. The molecule has 0 bridgehead atoms. The summed E-state index contributed by atoms with van der Waals surface area (Å²) in [5, 5.41) is 0. The molecule has 114 valence electrons. The van der Waals surface area contributed by atoms with Crippen LogP contribution in [-0.4, -0.2) is 43.1 Å². The van der Waals surface area contributed by atoms with Crippen LogP contribution in [0.1, 0.15) is 38.4 Å². The van der Waals surface area contributed by atoms with Gasteiger partial charge >= 0.3 is 0 Å². The van der Waals surface area contributed by atoms with Crippen LogP contribution in [0.25, 0.3) is 0 Å². The lowest BCUT2D eigenvalue weighted by atomic mass is 10.1. The van der Waals surface area contributed by atoms with E-state index in [9.17, 15) is 0 Å². The van der Waals surface area contributed by atoms with Gasteiger partial charge < -0.3 is 15.5 Å². The van der Waals surface area contributed by atoms with Crippen molar-refractivity contribution in [3.63, 3.8) is 0 Å². The molecule has 1 rings (SSSR count). The highest BCUT2D eigenvalue weighted by molar-refractivity contribution is 5.44. The van der Waals surface area contributed by atoms with E-state index in [-0.39, 0.29) is 0 Å². The molecule has 0 saturated heterocycles. The van der Waals surface area contributed by atoms with Crippen LogP contribution >= 0.6 is 0 Å². The number of nitrogens with two attached hydrogens (primary N) is 1. The molecule has 0 aliphatic rings. The lowest BCUT2D eigenvalue weighted by Gasteiger charge is -2.31. The van der Waals surface area contributed by atoms with Crippen molar-refractivity contribution in [2.45, 2.75) is 46.2 Å². The molecule has 1 aromatic heterocycles. The van der Waals surface area contributed by atoms with Crippen LogP contribution in [0, 0.1) is 0 Å². The molecule has 0 amide bonds. The van der Waals surface area contributed by atoms with Crippen molar-refractivity contribution in [2.24, 2.45) is 5.73 Å². The fourth-order valence-corrected chi connectivity index (χ4v) is 2.61. The summed E-state index contributed by atoms with van der Waals surface area (Å²) in [4.78, 5) is 9.40. The highest BCUT2D eigenvalue weighted by Gasteiger charge is 2.16. The quantitative estimate of drug-likeness (QED) is 0.792. The minimum absolute atomic E-state index is 0.435. The first-order chi connectivity index (χ1) is 9.51. The van der Waals surface area contributed by atoms with Crippen LogP contribution in [0.2, 0.25) is 0 Å². The fourth-order valence-electron chi connectivity index (χ4n) is 2.61. The Hall–Kier alpha value is -1.13. The zero-order valence-electron chi connectivity index (χ0n) is 13.7. The Labute approximate surface area is 124 Å². The monoisotopic (exact) mass is 278 g/mol. The van der Waals surface area contributed by atoms with Gasteiger partial charge in [0.2, 0.25) is 0 Å². The summed E-state index contributed by atoms with van der Waals surface area (Å²) in [7, 11) is 4.22. The summed E-state index contributed by atoms with van der Waals surface area (Å²) in [6.07, 6.45) is 2.13. The summed E-state index contributed by atoms with van der Waals surface area (Å²) < 4.78 is 0. The molecule has 1 heterocycles. The van der Waals surface area contributed by atoms with E-state index in [0.29, 0.717) is 12.6 Å². The molecule has 1 aromatic rings. The molecular weight excluding hydrogens is 248 g/mol. The summed E-state index contributed by atoms with van der Waals surface area (Å²) in [6.45, 7) is 9.17. The van der Waals surface area contributed by atoms with E-state index < -0.39 is 0 Å². The maximum atomic E-state index is 5.83. The van der Waals surface area contributed by atoms with Crippen LogP contribution in [-0.2, 0) is 13.0 Å². The summed E-state index contributed by atoms with van der Waals surface area (Å²) in [5.74, 6) is 1.06. The predicted octanol–water partition coefficient (Wildman–Crippen LogP) is 2.27. The maximum absolute atomic E-state index is 5.83. The Morgan fingerprint density at radius 2 is 1.95 bits per heavy atom.